The fourth-order valence-electron chi connectivity index (χ4n) is 4.70. The number of benzene rings is 4. The molecule has 0 aliphatic heterocycles. The molecule has 0 aliphatic carbocycles. The second-order valence-electron chi connectivity index (χ2n) is 11.6. The van der Waals surface area contributed by atoms with Gasteiger partial charge in [-0.1, -0.05) is 83.9 Å². The molecule has 0 bridgehead atoms. The van der Waals surface area contributed by atoms with E-state index in [1.807, 2.05) is 60.7 Å². The van der Waals surface area contributed by atoms with E-state index >= 15 is 0 Å². The van der Waals surface area contributed by atoms with Gasteiger partial charge in [-0.2, -0.15) is 26.3 Å². The Balaban J connectivity index is 0.000000339. The number of imidazole rings is 2. The summed E-state index contributed by atoms with van der Waals surface area (Å²) >= 11 is 11.5. The maximum absolute atomic E-state index is 13.3. The number of aromatic nitrogens is 4. The number of alkyl halides is 6. The number of hydrogen-bond acceptors (Lipinski definition) is 8. The van der Waals surface area contributed by atoms with Crippen LogP contribution in [0.3, 0.4) is 0 Å². The zero-order valence-corrected chi connectivity index (χ0v) is 35.6. The Hall–Kier alpha value is -5.64. The maximum atomic E-state index is 13.3. The first-order valence-corrected chi connectivity index (χ1v) is 17.4. The summed E-state index contributed by atoms with van der Waals surface area (Å²) in [6.45, 7) is 1.94. The summed E-state index contributed by atoms with van der Waals surface area (Å²) in [5.41, 5.74) is -0.251. The summed E-state index contributed by atoms with van der Waals surface area (Å²) in [5, 5.41) is 17.8. The Morgan fingerprint density at radius 1 is 0.610 bits per heavy atom. The van der Waals surface area contributed by atoms with E-state index < -0.39 is 35.4 Å². The van der Waals surface area contributed by atoms with Gasteiger partial charge in [-0.25, -0.2) is 20.0 Å². The molecule has 2 aromatic heterocycles. The smallest absolute Gasteiger partial charge is 0.550 e. The number of carboxylic acids is 2. The molecular weight excluding hydrogens is 879 g/mol. The molecule has 59 heavy (non-hydrogen) atoms. The predicted octanol–water partition coefficient (Wildman–Crippen LogP) is 8.26. The van der Waals surface area contributed by atoms with E-state index in [2.05, 4.69) is 20.0 Å². The number of rotatable bonds is 6. The minimum absolute atomic E-state index is 0. The summed E-state index contributed by atoms with van der Waals surface area (Å²) in [6, 6.07) is 25.9. The number of aliphatic imine (C=N–C) groups is 2. The Labute approximate surface area is 357 Å². The average molecular weight is 911 g/mol. The molecule has 4 aromatic carbocycles. The Kier molecular flexibility index (Phi) is 19.9. The number of carbonyl (C=O) groups excluding carboxylic acids is 2. The standard InChI is InChI=1S/2C18H13ClF3N3.2C2H4O2.Zn/c2*19-14-6-7-16(15(11-14)18(20,21)22)24-17(25-9-8-23-12-25)10-13-4-2-1-3-5-13;2*1-2(3)4;/h2*1-9,11-12H,10H2;2*1H3,(H,3,4);/q;;;;+2/p-2. The minimum atomic E-state index is -4.55. The third-order valence-corrected chi connectivity index (χ3v) is 7.51. The van der Waals surface area contributed by atoms with Crippen LogP contribution in [0.2, 0.25) is 10.0 Å². The molecule has 0 aliphatic rings. The van der Waals surface area contributed by atoms with Crippen molar-refractivity contribution < 1.29 is 65.6 Å². The van der Waals surface area contributed by atoms with Crippen molar-refractivity contribution >= 4 is 58.2 Å². The maximum Gasteiger partial charge on any atom is 2.00 e. The van der Waals surface area contributed by atoms with Crippen molar-refractivity contribution in [2.75, 3.05) is 0 Å². The van der Waals surface area contributed by atoms with E-state index in [0.717, 1.165) is 37.1 Å². The first-order chi connectivity index (χ1) is 27.3. The number of nitrogens with zero attached hydrogens (tertiary/aromatic N) is 6. The van der Waals surface area contributed by atoms with Crippen LogP contribution in [0, 0.1) is 0 Å². The van der Waals surface area contributed by atoms with Gasteiger partial charge in [-0.15, -0.1) is 0 Å². The van der Waals surface area contributed by atoms with Crippen LogP contribution in [-0.4, -0.2) is 42.7 Å². The van der Waals surface area contributed by atoms with E-state index in [0.29, 0.717) is 24.5 Å². The van der Waals surface area contributed by atoms with Gasteiger partial charge in [0.05, 0.1) is 22.5 Å². The van der Waals surface area contributed by atoms with Crippen molar-refractivity contribution in [1.82, 2.24) is 19.1 Å². The van der Waals surface area contributed by atoms with Crippen LogP contribution in [0.1, 0.15) is 36.1 Å². The number of hydrogen-bond donors (Lipinski definition) is 0. The predicted molar refractivity (Wildman–Crippen MR) is 204 cm³/mol. The SMILES string of the molecule is CC(=O)[O-].CC(=O)[O-].FC(F)(F)c1cc(Cl)ccc1N=C(Cc1ccccc1)n1ccnc1.FC(F)(F)c1cc(Cl)ccc1N=C(Cc1ccccc1)n1ccnc1.[Zn+2]. The zero-order chi connectivity index (χ0) is 42.9. The zero-order valence-electron chi connectivity index (χ0n) is 31.2. The van der Waals surface area contributed by atoms with E-state index in [1.54, 1.807) is 33.9 Å². The summed E-state index contributed by atoms with van der Waals surface area (Å²) in [5.74, 6) is -1.31. The quantitative estimate of drug-likeness (QED) is 0.0714. The Bertz CT molecular complexity index is 2110. The van der Waals surface area contributed by atoms with Crippen LogP contribution in [0.25, 0.3) is 0 Å². The van der Waals surface area contributed by atoms with Gasteiger partial charge in [-0.3, -0.25) is 9.13 Å². The Morgan fingerprint density at radius 3 is 1.20 bits per heavy atom. The van der Waals surface area contributed by atoms with E-state index in [1.165, 1.54) is 36.9 Å². The van der Waals surface area contributed by atoms with Crippen LogP contribution in [-0.2, 0) is 54.3 Å². The molecule has 6 aromatic rings. The molecule has 19 heteroatoms. The molecule has 0 fully saturated rings. The first-order valence-electron chi connectivity index (χ1n) is 16.6. The van der Waals surface area contributed by atoms with Gasteiger partial charge in [-0.05, 0) is 61.4 Å². The minimum Gasteiger partial charge on any atom is -0.550 e. The molecule has 0 spiro atoms. The molecule has 10 nitrogen and oxygen atoms in total. The fraction of sp³-hybridized carbons (Fsp3) is 0.150. The molecule has 0 saturated heterocycles. The van der Waals surface area contributed by atoms with Crippen LogP contribution in [0.4, 0.5) is 37.7 Å². The van der Waals surface area contributed by atoms with Gasteiger partial charge in [0, 0.05) is 59.6 Å². The molecule has 6 rings (SSSR count). The number of aliphatic carboxylic acids is 2. The molecule has 0 amide bonds. The van der Waals surface area contributed by atoms with Crippen molar-refractivity contribution in [1.29, 1.82) is 0 Å². The third kappa shape index (κ3) is 17.8. The second-order valence-corrected chi connectivity index (χ2v) is 12.5. The average Bonchev–Trinajstić information content (AvgIpc) is 3.89. The van der Waals surface area contributed by atoms with Crippen molar-refractivity contribution in [3.63, 3.8) is 0 Å². The second kappa shape index (κ2) is 23.7. The molecule has 2 heterocycles. The molecule has 0 N–H and O–H groups in total. The molecular formula is C40H32Cl2F6N6O4Zn. The number of halogens is 8. The van der Waals surface area contributed by atoms with E-state index in [-0.39, 0.29) is 40.9 Å². The summed E-state index contributed by atoms with van der Waals surface area (Å²) < 4.78 is 83.0. The van der Waals surface area contributed by atoms with Crippen molar-refractivity contribution in [2.45, 2.75) is 39.0 Å². The van der Waals surface area contributed by atoms with Crippen molar-refractivity contribution in [2.24, 2.45) is 9.98 Å². The summed E-state index contributed by atoms with van der Waals surface area (Å²) in [4.78, 5) is 34.2. The Morgan fingerprint density at radius 2 is 0.932 bits per heavy atom. The van der Waals surface area contributed by atoms with Crippen molar-refractivity contribution in [3.8, 4) is 0 Å². The van der Waals surface area contributed by atoms with Gasteiger partial charge in [0.15, 0.2) is 0 Å². The fourth-order valence-corrected chi connectivity index (χ4v) is 5.05. The van der Waals surface area contributed by atoms with Crippen LogP contribution >= 0.6 is 23.2 Å². The molecule has 0 radical (unpaired) electrons. The molecule has 0 saturated carbocycles. The molecule has 0 unspecified atom stereocenters. The van der Waals surface area contributed by atoms with Crippen LogP contribution in [0.15, 0.2) is 144 Å². The monoisotopic (exact) mass is 908 g/mol. The number of carboxylic acid groups (broad SMARTS) is 2. The third-order valence-electron chi connectivity index (χ3n) is 7.04. The topological polar surface area (TPSA) is 141 Å². The van der Waals surface area contributed by atoms with Crippen LogP contribution in [0.5, 0.6) is 0 Å². The molecule has 0 atom stereocenters. The summed E-state index contributed by atoms with van der Waals surface area (Å²) in [6.07, 6.45) is 1.02. The van der Waals surface area contributed by atoms with Crippen molar-refractivity contribution in [3.05, 3.63) is 167 Å². The van der Waals surface area contributed by atoms with Gasteiger partial charge < -0.3 is 19.8 Å². The summed E-state index contributed by atoms with van der Waals surface area (Å²) in [7, 11) is 0. The van der Waals surface area contributed by atoms with Gasteiger partial charge >= 0.3 is 31.8 Å². The van der Waals surface area contributed by atoms with Gasteiger partial charge in [0.2, 0.25) is 0 Å². The van der Waals surface area contributed by atoms with Gasteiger partial charge in [0.25, 0.3) is 0 Å². The number of carbonyl (C=O) groups is 2. The normalized spacial score (nSPS) is 11.4. The first kappa shape index (κ1) is 49.5. The largest absolute Gasteiger partial charge is 2.00 e. The van der Waals surface area contributed by atoms with Crippen LogP contribution < -0.4 is 10.2 Å². The molecule has 304 valence electrons. The van der Waals surface area contributed by atoms with E-state index in [4.69, 9.17) is 43.0 Å². The van der Waals surface area contributed by atoms with Gasteiger partial charge in [0.1, 0.15) is 24.3 Å². The van der Waals surface area contributed by atoms with E-state index in [9.17, 15) is 26.3 Å².